The molecule has 0 saturated heterocycles. The monoisotopic (exact) mass is 993 g/mol. The molecule has 64 heavy (non-hydrogen) atoms. The maximum absolute atomic E-state index is 11.8. The van der Waals surface area contributed by atoms with E-state index in [2.05, 4.69) is 72.6 Å². The second kappa shape index (κ2) is 56.7. The van der Waals surface area contributed by atoms with Crippen molar-refractivity contribution < 1.29 is 43.6 Å². The fourth-order valence-electron chi connectivity index (χ4n) is 3.53. The minimum atomic E-state index is -0.706. The third-order valence-corrected chi connectivity index (χ3v) is 10.4. The van der Waals surface area contributed by atoms with Crippen LogP contribution in [0.15, 0.2) is 28.7 Å². The van der Waals surface area contributed by atoms with E-state index < -0.39 is 11.4 Å². The maximum Gasteiger partial charge on any atom is 0.311 e. The number of rotatable bonds is 18. The number of halogens is 1. The Balaban J connectivity index is -0.0000000400. The zero-order valence-electron chi connectivity index (χ0n) is 37.2. The number of ether oxygens (including phenoxy) is 3. The van der Waals surface area contributed by atoms with Gasteiger partial charge in [0.25, 0.3) is 0 Å². The minimum absolute atomic E-state index is 0. The Morgan fingerprint density at radius 1 is 0.609 bits per heavy atom. The first-order chi connectivity index (χ1) is 25.0. The van der Waals surface area contributed by atoms with Gasteiger partial charge in [0.15, 0.2) is 0 Å². The van der Waals surface area contributed by atoms with Crippen molar-refractivity contribution in [2.24, 2.45) is 28.1 Å². The Kier molecular flexibility index (Phi) is 88.4. The van der Waals surface area contributed by atoms with Gasteiger partial charge in [0.05, 0.1) is 42.5 Å². The molecule has 0 radical (unpaired) electrons. The number of methoxy groups -OCH3 is 1. The first kappa shape index (κ1) is 99.8. The molecule has 1 aromatic rings. The van der Waals surface area contributed by atoms with E-state index in [1.54, 1.807) is 6.92 Å². The number of aliphatic carboxylic acids is 1. The van der Waals surface area contributed by atoms with Crippen molar-refractivity contribution in [3.8, 4) is 0 Å². The summed E-state index contributed by atoms with van der Waals surface area (Å²) in [5.74, 6) is -0.0915. The van der Waals surface area contributed by atoms with Crippen molar-refractivity contribution >= 4 is 39.8 Å². The molecule has 0 aliphatic heterocycles. The summed E-state index contributed by atoms with van der Waals surface area (Å²) >= 11 is 3.42. The van der Waals surface area contributed by atoms with E-state index in [4.69, 9.17) is 19.7 Å². The van der Waals surface area contributed by atoms with E-state index >= 15 is 0 Å². The van der Waals surface area contributed by atoms with Crippen molar-refractivity contribution in [3.05, 3.63) is 34.3 Å². The largest absolute Gasteiger partial charge is 0.481 e. The van der Waals surface area contributed by atoms with Crippen LogP contribution >= 0.6 is 15.9 Å². The van der Waals surface area contributed by atoms with Crippen molar-refractivity contribution in [1.29, 1.82) is 0 Å². The van der Waals surface area contributed by atoms with Gasteiger partial charge in [-0.15, -0.1) is 0 Å². The van der Waals surface area contributed by atoms with Gasteiger partial charge in [-0.3, -0.25) is 19.2 Å². The molecular formula is C54H121BrO9. The number of unbranched alkanes of at least 4 members (excludes halogenated alkanes) is 1. The van der Waals surface area contributed by atoms with Gasteiger partial charge in [-0.2, -0.15) is 0 Å². The Bertz CT molecular complexity index is 1120. The van der Waals surface area contributed by atoms with E-state index in [0.29, 0.717) is 18.4 Å². The van der Waals surface area contributed by atoms with E-state index in [9.17, 15) is 19.2 Å². The molecule has 0 saturated carbocycles. The van der Waals surface area contributed by atoms with Gasteiger partial charge in [-0.05, 0) is 110 Å². The highest BCUT2D eigenvalue weighted by Gasteiger charge is 2.28. The summed E-state index contributed by atoms with van der Waals surface area (Å²) in [6, 6.07) is 8.56. The third kappa shape index (κ3) is 50.5. The Morgan fingerprint density at radius 2 is 0.984 bits per heavy atom. The van der Waals surface area contributed by atoms with Gasteiger partial charge >= 0.3 is 23.9 Å². The predicted molar refractivity (Wildman–Crippen MR) is 294 cm³/mol. The molecule has 0 amide bonds. The molecule has 2 N–H and O–H groups in total. The molecule has 3 unspecified atom stereocenters. The first-order valence-electron chi connectivity index (χ1n) is 20.0. The predicted octanol–water partition coefficient (Wildman–Crippen LogP) is 18.2. The lowest BCUT2D eigenvalue weighted by atomic mass is 9.90. The summed E-state index contributed by atoms with van der Waals surface area (Å²) in [4.78, 5) is 43.7. The summed E-state index contributed by atoms with van der Waals surface area (Å²) in [7, 11) is 1.42. The van der Waals surface area contributed by atoms with Gasteiger partial charge in [0.2, 0.25) is 0 Å². The molecule has 0 aromatic heterocycles. The van der Waals surface area contributed by atoms with Crippen LogP contribution < -0.4 is 0 Å². The number of aliphatic hydroxyl groups excluding tert-OH is 1. The van der Waals surface area contributed by atoms with E-state index in [1.807, 2.05) is 69.2 Å². The number of carboxylic acid groups (broad SMARTS) is 1. The van der Waals surface area contributed by atoms with Crippen LogP contribution in [0, 0.1) is 28.1 Å². The highest BCUT2D eigenvalue weighted by molar-refractivity contribution is 9.10. The normalized spacial score (nSPS) is 10.6. The Labute approximate surface area is 412 Å². The second-order valence-corrected chi connectivity index (χ2v) is 16.5. The standard InChI is InChI=1S/C14H28O2.C10H13Br.C8H16O3.C7H14O2.C5H10O2.10CH4/c1-6-9-10-12(7-2)11-16-13(15)14(4,5)8-3;1-3-8(2)9-4-6-10(11)7-5-9;1-4-8(2,3)7(10)11-6-5-9;1-5-7(2,3)6(8)9-4;1-3-4(2)5(6)7;;;;;;;;;;/h12H,6-11H2,1-5H3;4-8H,3H2,1-2H3;9H,4-6H2,1-3H3;5H2,1-4H3;4H,3H2,1-2H3,(H,6,7);10*1H4. The zero-order chi connectivity index (χ0) is 43.1. The summed E-state index contributed by atoms with van der Waals surface area (Å²) < 4.78 is 15.9. The van der Waals surface area contributed by atoms with Crippen LogP contribution in [-0.2, 0) is 33.4 Å². The lowest BCUT2D eigenvalue weighted by Crippen LogP contribution is -2.27. The summed E-state index contributed by atoms with van der Waals surface area (Å²) in [5, 5.41) is 16.6. The van der Waals surface area contributed by atoms with Gasteiger partial charge < -0.3 is 24.4 Å². The quantitative estimate of drug-likeness (QED) is 0.109. The molecule has 3 atom stereocenters. The number of hydrogen-bond acceptors (Lipinski definition) is 8. The molecular weight excluding hydrogens is 872 g/mol. The van der Waals surface area contributed by atoms with Gasteiger partial charge in [0.1, 0.15) is 6.61 Å². The Hall–Kier alpha value is -2.46. The molecule has 10 heteroatoms. The highest BCUT2D eigenvalue weighted by atomic mass is 79.9. The van der Waals surface area contributed by atoms with Crippen molar-refractivity contribution in [2.75, 3.05) is 26.9 Å². The number of carbonyl (C=O) groups is 4. The van der Waals surface area contributed by atoms with Crippen LogP contribution in [-0.4, -0.2) is 61.0 Å². The van der Waals surface area contributed by atoms with Crippen LogP contribution in [0.3, 0.4) is 0 Å². The van der Waals surface area contributed by atoms with E-state index in [-0.39, 0.29) is 122 Å². The lowest BCUT2D eigenvalue weighted by molar-refractivity contribution is -0.156. The van der Waals surface area contributed by atoms with Crippen molar-refractivity contribution in [1.82, 2.24) is 0 Å². The van der Waals surface area contributed by atoms with Gasteiger partial charge in [-0.1, -0.05) is 184 Å². The molecule has 0 heterocycles. The molecule has 0 bridgehead atoms. The zero-order valence-corrected chi connectivity index (χ0v) is 38.7. The SMILES string of the molecule is C.C.C.C.C.C.C.C.C.C.CCC(C)(C)C(=O)OC.CCC(C)(C)C(=O)OCCO.CCC(C)C(=O)O.CCC(C)c1ccc(Br)cc1.CCCCC(CC)COC(=O)C(C)(C)CC. The minimum Gasteiger partial charge on any atom is -0.481 e. The second-order valence-electron chi connectivity index (χ2n) is 15.6. The molecule has 1 aromatic carbocycles. The fraction of sp³-hybridized carbons (Fsp3) is 0.815. The van der Waals surface area contributed by atoms with Crippen LogP contribution in [0.5, 0.6) is 0 Å². The summed E-state index contributed by atoms with van der Waals surface area (Å²) in [6.45, 7) is 30.2. The van der Waals surface area contributed by atoms with E-state index in [0.717, 1.165) is 36.6 Å². The smallest absolute Gasteiger partial charge is 0.311 e. The number of carboxylic acids is 1. The fourth-order valence-corrected chi connectivity index (χ4v) is 3.80. The lowest BCUT2D eigenvalue weighted by Gasteiger charge is -2.22. The van der Waals surface area contributed by atoms with Crippen molar-refractivity contribution in [2.45, 2.75) is 242 Å². The average Bonchev–Trinajstić information content (AvgIpc) is 3.16. The first-order valence-corrected chi connectivity index (χ1v) is 20.8. The molecule has 0 spiro atoms. The molecule has 0 aliphatic rings. The molecule has 0 fully saturated rings. The summed E-state index contributed by atoms with van der Waals surface area (Å²) in [6.07, 6.45) is 9.04. The van der Waals surface area contributed by atoms with Crippen LogP contribution in [0.1, 0.15) is 247 Å². The Morgan fingerprint density at radius 3 is 1.23 bits per heavy atom. The maximum atomic E-state index is 11.8. The van der Waals surface area contributed by atoms with Crippen LogP contribution in [0.25, 0.3) is 0 Å². The number of esters is 3. The summed E-state index contributed by atoms with van der Waals surface area (Å²) in [5.41, 5.74) is 0.364. The van der Waals surface area contributed by atoms with Crippen LogP contribution in [0.4, 0.5) is 0 Å². The molecule has 398 valence electrons. The number of carbonyl (C=O) groups excluding carboxylic acids is 3. The highest BCUT2D eigenvalue weighted by Crippen LogP contribution is 2.24. The molecule has 1 rings (SSSR count). The molecule has 0 aliphatic carbocycles. The number of benzene rings is 1. The number of aliphatic hydroxyl groups is 1. The topological polar surface area (TPSA) is 136 Å². The van der Waals surface area contributed by atoms with E-state index in [1.165, 1.54) is 38.4 Å². The van der Waals surface area contributed by atoms with Gasteiger partial charge in [-0.25, -0.2) is 0 Å². The average molecular weight is 994 g/mol. The van der Waals surface area contributed by atoms with Crippen molar-refractivity contribution in [3.63, 3.8) is 0 Å². The van der Waals surface area contributed by atoms with Gasteiger partial charge in [0, 0.05) is 4.47 Å². The molecule has 9 nitrogen and oxygen atoms in total. The van der Waals surface area contributed by atoms with Crippen LogP contribution in [0.2, 0.25) is 0 Å². The third-order valence-electron chi connectivity index (χ3n) is 9.90. The number of hydrogen-bond donors (Lipinski definition) is 2.